The zero-order chi connectivity index (χ0) is 10.1. The molecular weight excluding hydrogens is 166 g/mol. The molecule has 0 saturated carbocycles. The van der Waals surface area contributed by atoms with Crippen molar-refractivity contribution in [2.24, 2.45) is 5.41 Å². The quantitative estimate of drug-likeness (QED) is 0.697. The Labute approximate surface area is 79.7 Å². The molecule has 0 radical (unpaired) electrons. The van der Waals surface area contributed by atoms with E-state index in [1.54, 1.807) is 4.90 Å². The van der Waals surface area contributed by atoms with Crippen LogP contribution in [0, 0.1) is 5.41 Å². The summed E-state index contributed by atoms with van der Waals surface area (Å²) < 4.78 is 0. The molecule has 1 atom stereocenters. The number of aliphatic hydroxyl groups is 1. The summed E-state index contributed by atoms with van der Waals surface area (Å²) in [5.74, 6) is 0.173. The van der Waals surface area contributed by atoms with E-state index in [4.69, 9.17) is 0 Å². The first kappa shape index (κ1) is 10.5. The van der Waals surface area contributed by atoms with E-state index in [0.29, 0.717) is 13.1 Å². The fourth-order valence-corrected chi connectivity index (χ4v) is 1.51. The normalized spacial score (nSPS) is 23.7. The molecule has 1 aliphatic heterocycles. The number of carbonyl (C=O) groups is 1. The van der Waals surface area contributed by atoms with Gasteiger partial charge in [0, 0.05) is 18.5 Å². The van der Waals surface area contributed by atoms with Gasteiger partial charge in [-0.1, -0.05) is 20.8 Å². The lowest BCUT2D eigenvalue weighted by atomic mass is 9.89. The Kier molecular flexibility index (Phi) is 2.96. The molecule has 13 heavy (non-hydrogen) atoms. The molecule has 76 valence electrons. The van der Waals surface area contributed by atoms with Gasteiger partial charge in [0.15, 0.2) is 0 Å². The number of amides is 1. The van der Waals surface area contributed by atoms with E-state index < -0.39 is 0 Å². The molecular formula is C10H19NO2. The summed E-state index contributed by atoms with van der Waals surface area (Å²) in [6, 6.07) is 0. The Bertz CT molecular complexity index is 201. The van der Waals surface area contributed by atoms with Gasteiger partial charge in [-0.2, -0.15) is 0 Å². The molecule has 1 rings (SSSR count). The second-order valence-corrected chi connectivity index (χ2v) is 4.43. The summed E-state index contributed by atoms with van der Waals surface area (Å²) in [5, 5.41) is 9.29. The van der Waals surface area contributed by atoms with Gasteiger partial charge >= 0.3 is 0 Å². The molecule has 1 N–H and O–H groups in total. The Hall–Kier alpha value is -0.570. The summed E-state index contributed by atoms with van der Waals surface area (Å²) >= 11 is 0. The molecule has 1 amide bonds. The smallest absolute Gasteiger partial charge is 0.228 e. The van der Waals surface area contributed by atoms with Crippen LogP contribution in [-0.2, 0) is 4.79 Å². The van der Waals surface area contributed by atoms with Crippen LogP contribution < -0.4 is 0 Å². The number of β-amino-alcohol motifs (C(OH)–C–C–N with tert-alkyl or cyclic N) is 1. The van der Waals surface area contributed by atoms with Crippen LogP contribution in [0.3, 0.4) is 0 Å². The molecule has 3 heteroatoms. The molecule has 3 nitrogen and oxygen atoms in total. The Morgan fingerprint density at radius 3 is 2.62 bits per heavy atom. The van der Waals surface area contributed by atoms with Crippen molar-refractivity contribution in [3.05, 3.63) is 0 Å². The minimum atomic E-state index is -0.309. The zero-order valence-corrected chi connectivity index (χ0v) is 8.71. The van der Waals surface area contributed by atoms with Crippen molar-refractivity contribution < 1.29 is 9.90 Å². The molecule has 0 aromatic carbocycles. The van der Waals surface area contributed by atoms with Crippen LogP contribution in [0.4, 0.5) is 0 Å². The van der Waals surface area contributed by atoms with E-state index in [0.717, 1.165) is 12.8 Å². The van der Waals surface area contributed by atoms with E-state index in [1.165, 1.54) is 0 Å². The third-order valence-electron chi connectivity index (χ3n) is 2.91. The van der Waals surface area contributed by atoms with Crippen molar-refractivity contribution in [1.82, 2.24) is 4.90 Å². The van der Waals surface area contributed by atoms with Crippen LogP contribution in [0.15, 0.2) is 0 Å². The van der Waals surface area contributed by atoms with Crippen molar-refractivity contribution in [2.45, 2.75) is 39.7 Å². The standard InChI is InChI=1S/C10H19NO2/c1-4-10(2,3)9(13)11-6-5-8(12)7-11/h8,12H,4-7H2,1-3H3/t8-/m0/s1. The molecule has 0 aromatic rings. The van der Waals surface area contributed by atoms with Crippen molar-refractivity contribution in [3.63, 3.8) is 0 Å². The second-order valence-electron chi connectivity index (χ2n) is 4.43. The Balaban J connectivity index is 2.58. The van der Waals surface area contributed by atoms with E-state index >= 15 is 0 Å². The molecule has 0 unspecified atom stereocenters. The van der Waals surface area contributed by atoms with Gasteiger partial charge in [0.2, 0.25) is 5.91 Å². The Morgan fingerprint density at radius 2 is 2.23 bits per heavy atom. The molecule has 0 aromatic heterocycles. The first-order valence-electron chi connectivity index (χ1n) is 4.95. The van der Waals surface area contributed by atoms with E-state index in [9.17, 15) is 9.90 Å². The summed E-state index contributed by atoms with van der Waals surface area (Å²) in [6.07, 6.45) is 1.26. The van der Waals surface area contributed by atoms with Crippen molar-refractivity contribution in [2.75, 3.05) is 13.1 Å². The number of aliphatic hydroxyl groups excluding tert-OH is 1. The number of likely N-dealkylation sites (tertiary alicyclic amines) is 1. The number of rotatable bonds is 2. The minimum absolute atomic E-state index is 0.173. The van der Waals surface area contributed by atoms with E-state index in [-0.39, 0.29) is 17.4 Å². The Morgan fingerprint density at radius 1 is 1.62 bits per heavy atom. The lowest BCUT2D eigenvalue weighted by Crippen LogP contribution is -2.39. The number of carbonyl (C=O) groups excluding carboxylic acids is 1. The predicted molar refractivity (Wildman–Crippen MR) is 51.3 cm³/mol. The van der Waals surface area contributed by atoms with Crippen LogP contribution in [-0.4, -0.2) is 35.1 Å². The summed E-state index contributed by atoms with van der Waals surface area (Å²) in [5.41, 5.74) is -0.274. The number of nitrogens with zero attached hydrogens (tertiary/aromatic N) is 1. The molecule has 0 aliphatic carbocycles. The van der Waals surface area contributed by atoms with Gasteiger partial charge < -0.3 is 10.0 Å². The lowest BCUT2D eigenvalue weighted by molar-refractivity contribution is -0.139. The summed E-state index contributed by atoms with van der Waals surface area (Å²) in [7, 11) is 0. The fourth-order valence-electron chi connectivity index (χ4n) is 1.51. The highest BCUT2D eigenvalue weighted by atomic mass is 16.3. The molecule has 1 fully saturated rings. The van der Waals surface area contributed by atoms with Gasteiger partial charge in [-0.15, -0.1) is 0 Å². The lowest BCUT2D eigenvalue weighted by Gasteiger charge is -2.27. The van der Waals surface area contributed by atoms with Gasteiger partial charge in [0.05, 0.1) is 6.10 Å². The SMILES string of the molecule is CCC(C)(C)C(=O)N1CC[C@H](O)C1. The van der Waals surface area contributed by atoms with Gasteiger partial charge in [0.1, 0.15) is 0 Å². The molecule has 1 heterocycles. The second kappa shape index (κ2) is 3.66. The zero-order valence-electron chi connectivity index (χ0n) is 8.71. The van der Waals surface area contributed by atoms with Crippen LogP contribution in [0.2, 0.25) is 0 Å². The third-order valence-corrected chi connectivity index (χ3v) is 2.91. The molecule has 0 spiro atoms. The third kappa shape index (κ3) is 2.21. The topological polar surface area (TPSA) is 40.5 Å². The van der Waals surface area contributed by atoms with Crippen LogP contribution >= 0.6 is 0 Å². The monoisotopic (exact) mass is 185 g/mol. The van der Waals surface area contributed by atoms with Crippen LogP contribution in [0.25, 0.3) is 0 Å². The maximum atomic E-state index is 11.9. The van der Waals surface area contributed by atoms with Gasteiger partial charge in [0.25, 0.3) is 0 Å². The van der Waals surface area contributed by atoms with Crippen LogP contribution in [0.5, 0.6) is 0 Å². The summed E-state index contributed by atoms with van der Waals surface area (Å²) in [4.78, 5) is 13.6. The predicted octanol–water partition coefficient (Wildman–Crippen LogP) is 1.02. The van der Waals surface area contributed by atoms with Crippen molar-refractivity contribution in [3.8, 4) is 0 Å². The highest BCUT2D eigenvalue weighted by Gasteiger charge is 2.33. The average Bonchev–Trinajstić information content (AvgIpc) is 2.50. The maximum absolute atomic E-state index is 11.9. The first-order chi connectivity index (χ1) is 5.97. The van der Waals surface area contributed by atoms with Crippen molar-refractivity contribution in [1.29, 1.82) is 0 Å². The number of hydrogen-bond acceptors (Lipinski definition) is 2. The first-order valence-corrected chi connectivity index (χ1v) is 4.95. The van der Waals surface area contributed by atoms with E-state index in [2.05, 4.69) is 0 Å². The molecule has 0 bridgehead atoms. The van der Waals surface area contributed by atoms with Crippen molar-refractivity contribution >= 4 is 5.91 Å². The van der Waals surface area contributed by atoms with Gasteiger partial charge in [-0.3, -0.25) is 4.79 Å². The average molecular weight is 185 g/mol. The minimum Gasteiger partial charge on any atom is -0.391 e. The van der Waals surface area contributed by atoms with Gasteiger partial charge in [-0.25, -0.2) is 0 Å². The largest absolute Gasteiger partial charge is 0.391 e. The van der Waals surface area contributed by atoms with E-state index in [1.807, 2.05) is 20.8 Å². The highest BCUT2D eigenvalue weighted by molar-refractivity contribution is 5.82. The van der Waals surface area contributed by atoms with Crippen LogP contribution in [0.1, 0.15) is 33.6 Å². The molecule has 1 saturated heterocycles. The maximum Gasteiger partial charge on any atom is 0.228 e. The van der Waals surface area contributed by atoms with Gasteiger partial charge in [-0.05, 0) is 12.8 Å². The fraction of sp³-hybridized carbons (Fsp3) is 0.900. The summed E-state index contributed by atoms with van der Waals surface area (Å²) in [6.45, 7) is 7.16. The number of hydrogen-bond donors (Lipinski definition) is 1. The molecule has 1 aliphatic rings. The highest BCUT2D eigenvalue weighted by Crippen LogP contribution is 2.25.